The summed E-state index contributed by atoms with van der Waals surface area (Å²) in [7, 11) is -5.69. The first-order valence-electron chi connectivity index (χ1n) is 8.39. The molecule has 0 N–H and O–H groups in total. The lowest BCUT2D eigenvalue weighted by Crippen LogP contribution is -2.21. The molecule has 0 aliphatic carbocycles. The Kier molecular flexibility index (Phi) is 8.48. The Bertz CT molecular complexity index is 889. The Morgan fingerprint density at radius 1 is 0.897 bits per heavy atom. The zero-order valence-corrected chi connectivity index (χ0v) is 18.1. The van der Waals surface area contributed by atoms with Gasteiger partial charge < -0.3 is 4.55 Å². The lowest BCUT2D eigenvalue weighted by atomic mass is 10.00. The second-order valence-corrected chi connectivity index (χ2v) is 10.5. The molecule has 0 unspecified atom stereocenters. The third-order valence-electron chi connectivity index (χ3n) is 3.94. The smallest absolute Gasteiger partial charge is 0.485 e. The van der Waals surface area contributed by atoms with Gasteiger partial charge in [0.15, 0.2) is 10.1 Å². The highest BCUT2D eigenvalue weighted by molar-refractivity contribution is 8.00. The van der Waals surface area contributed by atoms with Crippen LogP contribution in [0.15, 0.2) is 53.9 Å². The van der Waals surface area contributed by atoms with Gasteiger partial charge in [-0.15, -0.1) is 0 Å². The van der Waals surface area contributed by atoms with Crippen LogP contribution in [-0.4, -0.2) is 30.0 Å². The van der Waals surface area contributed by atoms with Crippen molar-refractivity contribution < 1.29 is 26.1 Å². The van der Waals surface area contributed by atoms with E-state index >= 15 is 0 Å². The van der Waals surface area contributed by atoms with Gasteiger partial charge in [-0.05, 0) is 48.2 Å². The van der Waals surface area contributed by atoms with Crippen LogP contribution in [0.5, 0.6) is 0 Å². The van der Waals surface area contributed by atoms with Gasteiger partial charge in [-0.3, -0.25) is 0 Å². The zero-order chi connectivity index (χ0) is 21.7. The molecule has 158 valence electrons. The number of halogens is 5. The summed E-state index contributed by atoms with van der Waals surface area (Å²) in [5, 5.41) is 4.01. The maximum atomic E-state index is 10.7. The minimum absolute atomic E-state index is 0.403. The average molecular weight is 485 g/mol. The van der Waals surface area contributed by atoms with E-state index in [1.54, 1.807) is 0 Å². The SMILES string of the molecule is Clc1ccc(C(=C[S+]2CCCC2)c2ccc(Cl)cc2)cc1.O=S(=O)([O-])C(F)(F)F. The lowest BCUT2D eigenvalue weighted by Gasteiger charge is -2.08. The van der Waals surface area contributed by atoms with Crippen LogP contribution < -0.4 is 0 Å². The average Bonchev–Trinajstić information content (AvgIpc) is 3.14. The molecule has 1 heterocycles. The molecule has 3 nitrogen and oxygen atoms in total. The van der Waals surface area contributed by atoms with Gasteiger partial charge in [0.2, 0.25) is 0 Å². The minimum Gasteiger partial charge on any atom is -0.741 e. The Morgan fingerprint density at radius 3 is 1.55 bits per heavy atom. The van der Waals surface area contributed by atoms with Gasteiger partial charge in [-0.25, -0.2) is 8.42 Å². The van der Waals surface area contributed by atoms with Gasteiger partial charge >= 0.3 is 5.51 Å². The molecule has 2 aromatic carbocycles. The minimum atomic E-state index is -6.09. The summed E-state index contributed by atoms with van der Waals surface area (Å²) in [6, 6.07) is 16.2. The maximum Gasteiger partial charge on any atom is 0.485 e. The van der Waals surface area contributed by atoms with E-state index in [9.17, 15) is 13.2 Å². The molecule has 29 heavy (non-hydrogen) atoms. The van der Waals surface area contributed by atoms with Crippen molar-refractivity contribution in [2.75, 3.05) is 11.5 Å². The van der Waals surface area contributed by atoms with Gasteiger partial charge in [0.25, 0.3) is 0 Å². The number of hydrogen-bond acceptors (Lipinski definition) is 3. The molecule has 1 aliphatic rings. The van der Waals surface area contributed by atoms with E-state index in [0.717, 1.165) is 10.0 Å². The van der Waals surface area contributed by atoms with Crippen molar-refractivity contribution in [3.63, 3.8) is 0 Å². The van der Waals surface area contributed by atoms with E-state index in [1.807, 2.05) is 24.3 Å². The molecular weight excluding hydrogens is 468 g/mol. The van der Waals surface area contributed by atoms with Crippen molar-refractivity contribution in [1.29, 1.82) is 0 Å². The van der Waals surface area contributed by atoms with Crippen LogP contribution in [0.2, 0.25) is 10.0 Å². The Hall–Kier alpha value is -1.19. The summed E-state index contributed by atoms with van der Waals surface area (Å²) < 4.78 is 58.9. The monoisotopic (exact) mass is 484 g/mol. The maximum absolute atomic E-state index is 10.7. The molecule has 0 spiro atoms. The van der Waals surface area contributed by atoms with Crippen LogP contribution in [0.1, 0.15) is 24.0 Å². The quantitative estimate of drug-likeness (QED) is 0.312. The van der Waals surface area contributed by atoms with Crippen molar-refractivity contribution in [3.05, 3.63) is 75.1 Å². The topological polar surface area (TPSA) is 57.2 Å². The number of alkyl halides is 3. The largest absolute Gasteiger partial charge is 0.741 e. The van der Waals surface area contributed by atoms with Crippen LogP contribution in [0.3, 0.4) is 0 Å². The summed E-state index contributed by atoms with van der Waals surface area (Å²) in [5.41, 5.74) is -1.90. The van der Waals surface area contributed by atoms with Gasteiger partial charge in [0, 0.05) is 26.5 Å². The first-order valence-corrected chi connectivity index (χ1v) is 12.2. The lowest BCUT2D eigenvalue weighted by molar-refractivity contribution is -0.0517. The molecule has 1 aliphatic heterocycles. The van der Waals surface area contributed by atoms with Crippen LogP contribution in [0.4, 0.5) is 13.2 Å². The van der Waals surface area contributed by atoms with Crippen molar-refractivity contribution in [2.45, 2.75) is 18.3 Å². The second kappa shape index (κ2) is 10.2. The Balaban J connectivity index is 0.000000321. The van der Waals surface area contributed by atoms with Crippen LogP contribution in [-0.2, 0) is 21.0 Å². The zero-order valence-electron chi connectivity index (χ0n) is 15.0. The second-order valence-electron chi connectivity index (χ2n) is 6.10. The summed E-state index contributed by atoms with van der Waals surface area (Å²) >= 11 is 12.0. The highest BCUT2D eigenvalue weighted by Gasteiger charge is 2.36. The first-order chi connectivity index (χ1) is 13.5. The number of hydrogen-bond donors (Lipinski definition) is 0. The number of benzene rings is 2. The van der Waals surface area contributed by atoms with E-state index in [0.29, 0.717) is 10.9 Å². The van der Waals surface area contributed by atoms with Crippen LogP contribution >= 0.6 is 23.2 Å². The summed E-state index contributed by atoms with van der Waals surface area (Å²) in [6.45, 7) is 0. The van der Waals surface area contributed by atoms with Gasteiger partial charge in [-0.2, -0.15) is 13.2 Å². The van der Waals surface area contributed by atoms with E-state index in [1.165, 1.54) is 41.0 Å². The van der Waals surface area contributed by atoms with Gasteiger partial charge in [0.1, 0.15) is 16.9 Å². The molecule has 0 bridgehead atoms. The molecule has 10 heteroatoms. The van der Waals surface area contributed by atoms with E-state index in [-0.39, 0.29) is 0 Å². The molecule has 0 aromatic heterocycles. The van der Waals surface area contributed by atoms with E-state index in [4.69, 9.17) is 36.2 Å². The van der Waals surface area contributed by atoms with Gasteiger partial charge in [-0.1, -0.05) is 47.5 Å². The molecule has 3 rings (SSSR count). The predicted molar refractivity (Wildman–Crippen MR) is 112 cm³/mol. The molecule has 0 amide bonds. The predicted octanol–water partition coefficient (Wildman–Crippen LogP) is 5.85. The van der Waals surface area contributed by atoms with E-state index in [2.05, 4.69) is 29.7 Å². The molecule has 0 saturated carbocycles. The molecular formula is C19H17Cl2F3O3S2. The summed E-state index contributed by atoms with van der Waals surface area (Å²) in [4.78, 5) is 0. The highest BCUT2D eigenvalue weighted by atomic mass is 35.5. The van der Waals surface area contributed by atoms with Gasteiger partial charge in [0.05, 0.1) is 0 Å². The fourth-order valence-electron chi connectivity index (χ4n) is 2.52. The third-order valence-corrected chi connectivity index (χ3v) is 7.21. The van der Waals surface area contributed by atoms with Crippen LogP contribution in [0.25, 0.3) is 5.57 Å². The van der Waals surface area contributed by atoms with E-state index < -0.39 is 15.6 Å². The van der Waals surface area contributed by atoms with Crippen molar-refractivity contribution in [1.82, 2.24) is 0 Å². The van der Waals surface area contributed by atoms with Crippen molar-refractivity contribution in [3.8, 4) is 0 Å². The molecule has 0 radical (unpaired) electrons. The molecule has 0 atom stereocenters. The highest BCUT2D eigenvalue weighted by Crippen LogP contribution is 2.29. The number of rotatable bonds is 3. The molecule has 1 fully saturated rings. The Labute approximate surface area is 180 Å². The first kappa shape index (κ1) is 24.1. The molecule has 2 aromatic rings. The van der Waals surface area contributed by atoms with Crippen molar-refractivity contribution in [2.24, 2.45) is 0 Å². The van der Waals surface area contributed by atoms with Crippen molar-refractivity contribution >= 4 is 49.8 Å². The summed E-state index contributed by atoms with van der Waals surface area (Å²) in [6.07, 6.45) is 2.71. The molecule has 1 saturated heterocycles. The fraction of sp³-hybridized carbons (Fsp3) is 0.263. The summed E-state index contributed by atoms with van der Waals surface area (Å²) in [5.74, 6) is 2.65. The third kappa shape index (κ3) is 7.53. The fourth-order valence-corrected chi connectivity index (χ4v) is 4.97. The Morgan fingerprint density at radius 2 is 1.24 bits per heavy atom. The van der Waals surface area contributed by atoms with Crippen LogP contribution in [0, 0.1) is 0 Å². The standard InChI is InChI=1S/C18H17Cl2S.CHF3O3S/c19-16-7-3-14(4-8-16)18(13-21-11-1-2-12-21)15-5-9-17(20)10-6-15;2-1(3,4)8(5,6)7/h3-10,13H,1-2,11-12H2;(H,5,6,7)/q+1;/p-1. The normalized spacial score (nSPS) is 14.8.